The third-order valence-electron chi connectivity index (χ3n) is 5.97. The second-order valence-electron chi connectivity index (χ2n) is 8.08. The molecule has 0 radical (unpaired) electrons. The molecule has 6 nitrogen and oxygen atoms in total. The molecule has 1 atom stereocenters. The zero-order valence-corrected chi connectivity index (χ0v) is 21.1. The van der Waals surface area contributed by atoms with Gasteiger partial charge in [-0.2, -0.15) is 0 Å². The molecule has 2 fully saturated rings. The highest BCUT2D eigenvalue weighted by atomic mass is 127. The number of hydrogen-bond donors (Lipinski definition) is 2. The lowest BCUT2D eigenvalue weighted by molar-refractivity contribution is 0.251. The van der Waals surface area contributed by atoms with E-state index in [4.69, 9.17) is 9.73 Å². The number of nitrogens with one attached hydrogen (secondary N) is 2. The van der Waals surface area contributed by atoms with Crippen LogP contribution in [-0.2, 0) is 0 Å². The summed E-state index contributed by atoms with van der Waals surface area (Å²) in [4.78, 5) is 10.1. The quantitative estimate of drug-likeness (QED) is 0.211. The molecule has 2 aliphatic heterocycles. The average Bonchev–Trinajstić information content (AvgIpc) is 3.46. The van der Waals surface area contributed by atoms with Gasteiger partial charge < -0.3 is 20.3 Å². The summed E-state index contributed by atoms with van der Waals surface area (Å²) in [5.74, 6) is 1.85. The number of aliphatic imine (C=N–C) groups is 1. The molecule has 0 amide bonds. The summed E-state index contributed by atoms with van der Waals surface area (Å²) >= 11 is 0. The van der Waals surface area contributed by atoms with Gasteiger partial charge in [-0.25, -0.2) is 0 Å². The molecule has 7 heteroatoms. The first-order valence-electron chi connectivity index (χ1n) is 11.4. The van der Waals surface area contributed by atoms with Crippen molar-refractivity contribution in [1.82, 2.24) is 20.4 Å². The van der Waals surface area contributed by atoms with E-state index in [0.29, 0.717) is 6.04 Å². The van der Waals surface area contributed by atoms with Crippen LogP contribution in [0, 0.1) is 0 Å². The van der Waals surface area contributed by atoms with E-state index < -0.39 is 0 Å². The van der Waals surface area contributed by atoms with Crippen molar-refractivity contribution in [2.75, 3.05) is 59.5 Å². The summed E-state index contributed by atoms with van der Waals surface area (Å²) in [6, 6.07) is 8.77. The number of benzene rings is 1. The number of halogens is 1. The Morgan fingerprint density at radius 2 is 1.83 bits per heavy atom. The van der Waals surface area contributed by atoms with Gasteiger partial charge >= 0.3 is 0 Å². The molecule has 2 aliphatic rings. The van der Waals surface area contributed by atoms with Crippen molar-refractivity contribution in [3.8, 4) is 5.75 Å². The number of methoxy groups -OCH3 is 1. The van der Waals surface area contributed by atoms with Gasteiger partial charge in [0.15, 0.2) is 5.96 Å². The highest BCUT2D eigenvalue weighted by Crippen LogP contribution is 2.27. The Morgan fingerprint density at radius 1 is 1.10 bits per heavy atom. The van der Waals surface area contributed by atoms with Crippen molar-refractivity contribution in [1.29, 1.82) is 0 Å². The summed E-state index contributed by atoms with van der Waals surface area (Å²) in [7, 11) is 1.73. The molecule has 0 aliphatic carbocycles. The lowest BCUT2D eigenvalue weighted by atomic mass is 10.1. The summed E-state index contributed by atoms with van der Waals surface area (Å²) in [5.41, 5.74) is 1.29. The molecule has 30 heavy (non-hydrogen) atoms. The SMILES string of the molecule is CCNC(=NCC(c1cccc(OC)c1)N1CCCC1)NCCCN1CCCC1.I. The Morgan fingerprint density at radius 3 is 2.53 bits per heavy atom. The van der Waals surface area contributed by atoms with Crippen LogP contribution in [-0.4, -0.2) is 75.2 Å². The molecule has 0 saturated carbocycles. The first-order chi connectivity index (χ1) is 14.3. The molecule has 1 aromatic carbocycles. The van der Waals surface area contributed by atoms with E-state index in [1.165, 1.54) is 50.9 Å². The van der Waals surface area contributed by atoms with Crippen LogP contribution in [0.5, 0.6) is 5.75 Å². The highest BCUT2D eigenvalue weighted by molar-refractivity contribution is 14.0. The van der Waals surface area contributed by atoms with Crippen LogP contribution in [0.25, 0.3) is 0 Å². The maximum Gasteiger partial charge on any atom is 0.191 e. The maximum atomic E-state index is 5.46. The maximum absolute atomic E-state index is 5.46. The van der Waals surface area contributed by atoms with E-state index >= 15 is 0 Å². The molecule has 1 unspecified atom stereocenters. The Balaban J connectivity index is 0.00000320. The van der Waals surface area contributed by atoms with Crippen molar-refractivity contribution < 1.29 is 4.74 Å². The molecule has 2 N–H and O–H groups in total. The number of guanidine groups is 1. The normalized spacial score (nSPS) is 18.8. The number of likely N-dealkylation sites (tertiary alicyclic amines) is 2. The first-order valence-corrected chi connectivity index (χ1v) is 11.4. The predicted octanol–water partition coefficient (Wildman–Crippen LogP) is 3.49. The Kier molecular flexibility index (Phi) is 11.8. The monoisotopic (exact) mass is 529 g/mol. The van der Waals surface area contributed by atoms with Crippen LogP contribution >= 0.6 is 24.0 Å². The number of nitrogens with zero attached hydrogens (tertiary/aromatic N) is 3. The number of hydrogen-bond acceptors (Lipinski definition) is 4. The summed E-state index contributed by atoms with van der Waals surface area (Å²) < 4.78 is 5.46. The largest absolute Gasteiger partial charge is 0.497 e. The van der Waals surface area contributed by atoms with Crippen molar-refractivity contribution in [3.63, 3.8) is 0 Å². The van der Waals surface area contributed by atoms with E-state index in [1.54, 1.807) is 7.11 Å². The smallest absolute Gasteiger partial charge is 0.191 e. The predicted molar refractivity (Wildman–Crippen MR) is 136 cm³/mol. The lowest BCUT2D eigenvalue weighted by Crippen LogP contribution is -2.39. The van der Waals surface area contributed by atoms with Gasteiger partial charge in [0, 0.05) is 13.1 Å². The molecule has 2 saturated heterocycles. The van der Waals surface area contributed by atoms with Crippen LogP contribution < -0.4 is 15.4 Å². The van der Waals surface area contributed by atoms with Gasteiger partial charge in [0.05, 0.1) is 19.7 Å². The van der Waals surface area contributed by atoms with Crippen molar-refractivity contribution >= 4 is 29.9 Å². The summed E-state index contributed by atoms with van der Waals surface area (Å²) in [6.45, 7) is 10.8. The van der Waals surface area contributed by atoms with Crippen LogP contribution in [0.15, 0.2) is 29.3 Å². The highest BCUT2D eigenvalue weighted by Gasteiger charge is 2.23. The van der Waals surface area contributed by atoms with Gasteiger partial charge in [-0.05, 0) is 89.4 Å². The second-order valence-corrected chi connectivity index (χ2v) is 8.08. The minimum Gasteiger partial charge on any atom is -0.497 e. The molecule has 2 heterocycles. The van der Waals surface area contributed by atoms with Gasteiger partial charge in [-0.3, -0.25) is 9.89 Å². The van der Waals surface area contributed by atoms with E-state index in [9.17, 15) is 0 Å². The minimum absolute atomic E-state index is 0. The molecule has 1 aromatic rings. The van der Waals surface area contributed by atoms with E-state index in [2.05, 4.69) is 45.6 Å². The Bertz CT molecular complexity index is 630. The molecule has 0 bridgehead atoms. The van der Waals surface area contributed by atoms with Gasteiger partial charge in [0.25, 0.3) is 0 Å². The fourth-order valence-electron chi connectivity index (χ4n) is 4.37. The zero-order valence-electron chi connectivity index (χ0n) is 18.7. The molecular formula is C23H40IN5O. The minimum atomic E-state index is 0. The summed E-state index contributed by atoms with van der Waals surface area (Å²) in [5, 5.41) is 6.95. The third-order valence-corrected chi connectivity index (χ3v) is 5.97. The fourth-order valence-corrected chi connectivity index (χ4v) is 4.37. The van der Waals surface area contributed by atoms with Crippen molar-refractivity contribution in [2.24, 2.45) is 4.99 Å². The van der Waals surface area contributed by atoms with Crippen LogP contribution in [0.1, 0.15) is 50.6 Å². The number of rotatable bonds is 10. The first kappa shape index (κ1) is 25.2. The molecule has 0 aromatic heterocycles. The molecule has 3 rings (SSSR count). The van der Waals surface area contributed by atoms with E-state index in [0.717, 1.165) is 50.9 Å². The molecule has 170 valence electrons. The van der Waals surface area contributed by atoms with Crippen LogP contribution in [0.2, 0.25) is 0 Å². The molecule has 0 spiro atoms. The third kappa shape index (κ3) is 7.89. The van der Waals surface area contributed by atoms with E-state index in [1.807, 2.05) is 6.07 Å². The van der Waals surface area contributed by atoms with Gasteiger partial charge in [-0.15, -0.1) is 24.0 Å². The van der Waals surface area contributed by atoms with Crippen molar-refractivity contribution in [3.05, 3.63) is 29.8 Å². The van der Waals surface area contributed by atoms with Gasteiger partial charge in [-0.1, -0.05) is 12.1 Å². The average molecular weight is 530 g/mol. The Hall–Kier alpha value is -1.06. The number of ether oxygens (including phenoxy) is 1. The molecular weight excluding hydrogens is 489 g/mol. The van der Waals surface area contributed by atoms with Crippen LogP contribution in [0.3, 0.4) is 0 Å². The van der Waals surface area contributed by atoms with Crippen LogP contribution in [0.4, 0.5) is 0 Å². The zero-order chi connectivity index (χ0) is 20.3. The topological polar surface area (TPSA) is 52.1 Å². The van der Waals surface area contributed by atoms with Crippen molar-refractivity contribution in [2.45, 2.75) is 45.1 Å². The van der Waals surface area contributed by atoms with E-state index in [-0.39, 0.29) is 24.0 Å². The lowest BCUT2D eigenvalue weighted by Gasteiger charge is -2.27. The summed E-state index contributed by atoms with van der Waals surface area (Å²) in [6.07, 6.45) is 6.44. The Labute approximate surface area is 199 Å². The van der Waals surface area contributed by atoms with Gasteiger partial charge in [0.2, 0.25) is 0 Å². The standard InChI is InChI=1S/C23H39N5O.HI/c1-3-24-23(25-12-9-15-27-13-4-5-14-27)26-19-22(28-16-6-7-17-28)20-10-8-11-21(18-20)29-2;/h8,10-11,18,22H,3-7,9,12-17,19H2,1-2H3,(H2,24,25,26);1H. The second kappa shape index (κ2) is 14.1. The van der Waals surface area contributed by atoms with Gasteiger partial charge in [0.1, 0.15) is 5.75 Å². The fraction of sp³-hybridized carbons (Fsp3) is 0.696.